The Morgan fingerprint density at radius 2 is 1.87 bits per heavy atom. The molecule has 2 aromatic rings. The van der Waals surface area contributed by atoms with Gasteiger partial charge in [0.25, 0.3) is 5.91 Å². The van der Waals surface area contributed by atoms with Gasteiger partial charge in [-0.3, -0.25) is 4.79 Å². The number of halogens is 4. The highest BCUT2D eigenvalue weighted by Crippen LogP contribution is 2.34. The molecule has 13 heteroatoms. The van der Waals surface area contributed by atoms with E-state index in [2.05, 4.69) is 10.1 Å². The zero-order chi connectivity index (χ0) is 23.3. The van der Waals surface area contributed by atoms with E-state index < -0.39 is 40.2 Å². The lowest BCUT2D eigenvalue weighted by atomic mass is 10.2. The van der Waals surface area contributed by atoms with Crippen molar-refractivity contribution >= 4 is 39.3 Å². The molecule has 1 unspecified atom stereocenters. The fourth-order valence-electron chi connectivity index (χ4n) is 1.77. The van der Waals surface area contributed by atoms with Gasteiger partial charge in [0.05, 0.1) is 25.5 Å². The Morgan fingerprint density at radius 1 is 1.30 bits per heavy atom. The zero-order valence-electron chi connectivity index (χ0n) is 15.9. The molecule has 1 heterocycles. The molecule has 0 fully saturated rings. The molecule has 1 amide bonds. The number of rotatable bonds is 6. The molecule has 0 spiro atoms. The third-order valence-corrected chi connectivity index (χ3v) is 5.87. The molecule has 1 aromatic carbocycles. The molecule has 7 nitrogen and oxygen atoms in total. The van der Waals surface area contributed by atoms with Crippen molar-refractivity contribution in [1.82, 2.24) is 0 Å². The molecule has 1 aromatic heterocycles. The predicted octanol–water partition coefficient (Wildman–Crippen LogP) is 3.05. The van der Waals surface area contributed by atoms with Gasteiger partial charge in [-0.05, 0) is 32.0 Å². The Bertz CT molecular complexity index is 939. The van der Waals surface area contributed by atoms with Crippen LogP contribution in [0.5, 0.6) is 5.75 Å². The molecule has 0 saturated heterocycles. The average Bonchev–Trinajstić information content (AvgIpc) is 3.04. The number of aliphatic hydroxyl groups is 1. The quantitative estimate of drug-likeness (QED) is 0.441. The van der Waals surface area contributed by atoms with Gasteiger partial charge in [-0.1, -0.05) is 0 Å². The Morgan fingerprint density at radius 3 is 2.23 bits per heavy atom. The smallest absolute Gasteiger partial charge is 0.406 e. The van der Waals surface area contributed by atoms with Crippen molar-refractivity contribution in [3.05, 3.63) is 35.6 Å². The minimum absolute atomic E-state index is 0.0864. The summed E-state index contributed by atoms with van der Waals surface area (Å²) in [6.45, 7) is 2.86. The molecular weight excluding hydrogens is 452 g/mol. The minimum Gasteiger partial charge on any atom is -0.406 e. The number of carbonyl (C=O) groups is 2. The van der Waals surface area contributed by atoms with Gasteiger partial charge in [0.2, 0.25) is 0 Å². The van der Waals surface area contributed by atoms with Gasteiger partial charge in [-0.15, -0.1) is 24.5 Å². The van der Waals surface area contributed by atoms with Crippen LogP contribution in [0.4, 0.5) is 22.6 Å². The normalized spacial score (nSPS) is 12.4. The van der Waals surface area contributed by atoms with Crippen LogP contribution in [0.15, 0.2) is 33.4 Å². The number of anilines is 1. The summed E-state index contributed by atoms with van der Waals surface area (Å²) in [6.07, 6.45) is -4.47. The monoisotopic (exact) mass is 470 g/mol. The molecule has 4 N–H and O–H groups in total. The van der Waals surface area contributed by atoms with E-state index in [1.807, 2.05) is 0 Å². The highest BCUT2D eigenvalue weighted by molar-refractivity contribution is 7.87. The lowest BCUT2D eigenvalue weighted by Gasteiger charge is -2.09. The lowest BCUT2D eigenvalue weighted by molar-refractivity contribution is -0.274. The summed E-state index contributed by atoms with van der Waals surface area (Å²) < 4.78 is 66.4. The number of hydrogen-bond donors (Lipinski definition) is 3. The highest BCUT2D eigenvalue weighted by atomic mass is 32.2. The van der Waals surface area contributed by atoms with Crippen LogP contribution in [-0.2, 0) is 15.6 Å². The molecule has 0 aliphatic rings. The van der Waals surface area contributed by atoms with Gasteiger partial charge in [0.1, 0.15) is 22.2 Å². The van der Waals surface area contributed by atoms with Crippen molar-refractivity contribution in [3.8, 4) is 5.75 Å². The van der Waals surface area contributed by atoms with E-state index in [1.165, 1.54) is 27.0 Å². The van der Waals surface area contributed by atoms with E-state index in [1.54, 1.807) is 0 Å². The largest absolute Gasteiger partial charge is 0.573 e. The standard InChI is InChI=1S/C13H10F4N2O3S2.C4H8O2/c1-19-12-7(11(18)20)5-10(23-12)24(21)9-3-2-6(4-8(9)14)22-13(15,16)17;1-4(2,6)3-5/h2-5,19H,1H3,(H2,18,20);3,6H,1-2H3. The van der Waals surface area contributed by atoms with Crippen molar-refractivity contribution in [2.24, 2.45) is 5.73 Å². The maximum Gasteiger partial charge on any atom is 0.573 e. The van der Waals surface area contributed by atoms with E-state index in [-0.39, 0.29) is 14.7 Å². The van der Waals surface area contributed by atoms with Gasteiger partial charge in [0.15, 0.2) is 6.29 Å². The minimum atomic E-state index is -4.96. The Labute approximate surface area is 175 Å². The second-order valence-corrected chi connectivity index (χ2v) is 8.83. The zero-order valence-corrected chi connectivity index (χ0v) is 17.5. The number of thiophene rings is 1. The first kappa shape index (κ1) is 25.5. The summed E-state index contributed by atoms with van der Waals surface area (Å²) in [4.78, 5) is 20.5. The van der Waals surface area contributed by atoms with Crippen molar-refractivity contribution in [2.45, 2.75) is 34.9 Å². The van der Waals surface area contributed by atoms with Gasteiger partial charge in [-0.25, -0.2) is 8.60 Å². The van der Waals surface area contributed by atoms with Crippen molar-refractivity contribution in [1.29, 1.82) is 0 Å². The molecule has 0 saturated carbocycles. The maximum absolute atomic E-state index is 14.0. The number of alkyl halides is 3. The first-order chi connectivity index (χ1) is 13.7. The van der Waals surface area contributed by atoms with Crippen LogP contribution in [0.25, 0.3) is 0 Å². The van der Waals surface area contributed by atoms with Crippen LogP contribution in [0.3, 0.4) is 0 Å². The van der Waals surface area contributed by atoms with E-state index in [9.17, 15) is 31.4 Å². The molecule has 0 radical (unpaired) electrons. The molecule has 1 atom stereocenters. The van der Waals surface area contributed by atoms with Crippen LogP contribution in [0.1, 0.15) is 24.2 Å². The highest BCUT2D eigenvalue weighted by Gasteiger charge is 2.31. The maximum atomic E-state index is 14.0. The van der Waals surface area contributed by atoms with Crippen LogP contribution >= 0.6 is 11.3 Å². The van der Waals surface area contributed by atoms with Crippen LogP contribution in [-0.4, -0.2) is 40.5 Å². The number of benzene rings is 1. The van der Waals surface area contributed by atoms with Gasteiger partial charge in [-0.2, -0.15) is 0 Å². The molecule has 30 heavy (non-hydrogen) atoms. The second kappa shape index (κ2) is 10.00. The summed E-state index contributed by atoms with van der Waals surface area (Å²) in [7, 11) is -0.516. The van der Waals surface area contributed by atoms with Gasteiger partial charge in [0, 0.05) is 13.1 Å². The summed E-state index contributed by atoms with van der Waals surface area (Å²) >= 11 is 0.924. The number of nitrogens with two attached hydrogens (primary N) is 1. The predicted molar refractivity (Wildman–Crippen MR) is 103 cm³/mol. The number of carbonyl (C=O) groups excluding carboxylic acids is 2. The van der Waals surface area contributed by atoms with Crippen molar-refractivity contribution in [3.63, 3.8) is 0 Å². The van der Waals surface area contributed by atoms with Crippen LogP contribution in [0, 0.1) is 5.82 Å². The first-order valence-corrected chi connectivity index (χ1v) is 9.92. The average molecular weight is 470 g/mol. The molecule has 166 valence electrons. The summed E-state index contributed by atoms with van der Waals surface area (Å²) in [5, 5.41) is 11.5. The number of primary amides is 1. The van der Waals surface area contributed by atoms with E-state index in [0.29, 0.717) is 17.4 Å². The van der Waals surface area contributed by atoms with E-state index >= 15 is 0 Å². The Balaban J connectivity index is 0.000000656. The molecular formula is C17H18F4N2O5S2. The molecule has 0 bridgehead atoms. The fourth-order valence-corrected chi connectivity index (χ4v) is 4.21. The SMILES string of the molecule is CC(C)(O)C=O.CNc1sc(S(=O)c2ccc(OC(F)(F)F)cc2F)cc1C(N)=O. The number of aldehydes is 1. The fraction of sp³-hybridized carbons (Fsp3) is 0.294. The lowest BCUT2D eigenvalue weighted by Crippen LogP contribution is -2.19. The summed E-state index contributed by atoms with van der Waals surface area (Å²) in [5.74, 6) is -2.65. The molecule has 2 rings (SSSR count). The second-order valence-electron chi connectivity index (χ2n) is 6.10. The third-order valence-electron chi connectivity index (χ3n) is 3.01. The molecule has 0 aliphatic carbocycles. The summed E-state index contributed by atoms with van der Waals surface area (Å²) in [6, 6.07) is 3.51. The van der Waals surface area contributed by atoms with E-state index in [0.717, 1.165) is 23.5 Å². The van der Waals surface area contributed by atoms with Gasteiger partial charge >= 0.3 is 6.36 Å². The Hall–Kier alpha value is -2.51. The van der Waals surface area contributed by atoms with E-state index in [4.69, 9.17) is 10.8 Å². The number of hydrogen-bond acceptors (Lipinski definition) is 7. The topological polar surface area (TPSA) is 119 Å². The van der Waals surface area contributed by atoms with Gasteiger partial charge < -0.3 is 25.7 Å². The first-order valence-electron chi connectivity index (χ1n) is 7.95. The van der Waals surface area contributed by atoms with Crippen molar-refractivity contribution < 1.29 is 41.2 Å². The Kier molecular flexibility index (Phi) is 8.51. The number of ether oxygens (including phenoxy) is 1. The number of nitrogens with one attached hydrogen (secondary N) is 1. The van der Waals surface area contributed by atoms with Crippen LogP contribution < -0.4 is 15.8 Å². The summed E-state index contributed by atoms with van der Waals surface area (Å²) in [5.41, 5.74) is 4.13. The van der Waals surface area contributed by atoms with Crippen LogP contribution in [0.2, 0.25) is 0 Å². The third kappa shape index (κ3) is 7.72. The molecule has 0 aliphatic heterocycles. The van der Waals surface area contributed by atoms with Crippen molar-refractivity contribution in [2.75, 3.05) is 12.4 Å². The number of amides is 1.